The van der Waals surface area contributed by atoms with Gasteiger partial charge >= 0.3 is 6.01 Å². The molecule has 0 saturated carbocycles. The summed E-state index contributed by atoms with van der Waals surface area (Å²) in [4.78, 5) is 13.0. The zero-order valence-electron chi connectivity index (χ0n) is 14.3. The molecule has 1 amide bonds. The first-order valence-electron chi connectivity index (χ1n) is 7.72. The minimum atomic E-state index is -0.225. The van der Waals surface area contributed by atoms with Gasteiger partial charge in [0.1, 0.15) is 11.5 Å². The number of hydrogen-bond acceptors (Lipinski definition) is 7. The van der Waals surface area contributed by atoms with Gasteiger partial charge in [0.05, 0.1) is 20.0 Å². The summed E-state index contributed by atoms with van der Waals surface area (Å²) in [5, 5.41) is 10.4. The van der Waals surface area contributed by atoms with Gasteiger partial charge in [0.15, 0.2) is 0 Å². The van der Waals surface area contributed by atoms with Gasteiger partial charge in [-0.1, -0.05) is 23.3 Å². The Bertz CT molecular complexity index is 861. The molecule has 0 spiro atoms. The van der Waals surface area contributed by atoms with E-state index in [1.54, 1.807) is 32.4 Å². The largest absolute Gasteiger partial charge is 0.497 e. The number of rotatable bonds is 7. The number of methoxy groups -OCH3 is 2. The van der Waals surface area contributed by atoms with E-state index in [2.05, 4.69) is 15.5 Å². The van der Waals surface area contributed by atoms with Crippen LogP contribution in [0.4, 0.5) is 6.01 Å². The Morgan fingerprint density at radius 1 is 1.08 bits per heavy atom. The Morgan fingerprint density at radius 3 is 2.42 bits per heavy atom. The number of aromatic nitrogens is 2. The smallest absolute Gasteiger partial charge is 0.322 e. The van der Waals surface area contributed by atoms with E-state index in [0.717, 1.165) is 4.90 Å². The first kappa shape index (κ1) is 17.8. The van der Waals surface area contributed by atoms with E-state index in [-0.39, 0.29) is 23.6 Å². The zero-order valence-corrected chi connectivity index (χ0v) is 15.1. The summed E-state index contributed by atoms with van der Waals surface area (Å²) in [6, 6.07) is 14.9. The number of benzene rings is 2. The number of nitrogens with zero attached hydrogens (tertiary/aromatic N) is 2. The molecule has 0 radical (unpaired) electrons. The van der Waals surface area contributed by atoms with Gasteiger partial charge in [0.25, 0.3) is 0 Å². The predicted octanol–water partition coefficient (Wildman–Crippen LogP) is 3.48. The molecular weight excluding hydrogens is 354 g/mol. The van der Waals surface area contributed by atoms with Crippen LogP contribution in [0.3, 0.4) is 0 Å². The van der Waals surface area contributed by atoms with Crippen LogP contribution in [0.1, 0.15) is 0 Å². The molecule has 0 fully saturated rings. The van der Waals surface area contributed by atoms with Crippen LogP contribution in [0, 0.1) is 0 Å². The van der Waals surface area contributed by atoms with Crippen molar-refractivity contribution < 1.29 is 18.7 Å². The summed E-state index contributed by atoms with van der Waals surface area (Å²) in [5.74, 6) is 1.48. The van der Waals surface area contributed by atoms with Gasteiger partial charge in [-0.15, -0.1) is 16.9 Å². The summed E-state index contributed by atoms with van der Waals surface area (Å²) in [6.45, 7) is 0. The average Bonchev–Trinajstić information content (AvgIpc) is 3.15. The van der Waals surface area contributed by atoms with Crippen molar-refractivity contribution >= 4 is 23.7 Å². The highest BCUT2D eigenvalue weighted by Crippen LogP contribution is 2.29. The highest BCUT2D eigenvalue weighted by Gasteiger charge is 2.13. The molecule has 0 bridgehead atoms. The van der Waals surface area contributed by atoms with E-state index in [1.165, 1.54) is 11.8 Å². The number of amides is 1. The second-order valence-electron chi connectivity index (χ2n) is 5.16. The third-order valence-electron chi connectivity index (χ3n) is 3.38. The van der Waals surface area contributed by atoms with Crippen LogP contribution in [0.25, 0.3) is 11.5 Å². The molecule has 1 aromatic heterocycles. The summed E-state index contributed by atoms with van der Waals surface area (Å²) >= 11 is 1.43. The van der Waals surface area contributed by atoms with Gasteiger partial charge in [-0.3, -0.25) is 10.1 Å². The number of thioether (sulfide) groups is 1. The van der Waals surface area contributed by atoms with E-state index in [0.29, 0.717) is 17.1 Å². The number of carbonyl (C=O) groups excluding carboxylic acids is 1. The summed E-state index contributed by atoms with van der Waals surface area (Å²) in [6.07, 6.45) is 0. The Morgan fingerprint density at radius 2 is 1.77 bits per heavy atom. The maximum absolute atomic E-state index is 12.0. The summed E-state index contributed by atoms with van der Waals surface area (Å²) in [5.41, 5.74) is 0.632. The molecule has 8 heteroatoms. The topological polar surface area (TPSA) is 86.5 Å². The first-order valence-corrected chi connectivity index (χ1v) is 8.71. The van der Waals surface area contributed by atoms with Crippen LogP contribution in [-0.4, -0.2) is 36.1 Å². The van der Waals surface area contributed by atoms with E-state index in [4.69, 9.17) is 13.9 Å². The molecule has 7 nitrogen and oxygen atoms in total. The fraction of sp³-hybridized carbons (Fsp3) is 0.167. The van der Waals surface area contributed by atoms with Crippen LogP contribution in [0.5, 0.6) is 11.5 Å². The molecule has 0 atom stereocenters. The van der Waals surface area contributed by atoms with Crippen LogP contribution in [0.2, 0.25) is 0 Å². The lowest BCUT2D eigenvalue weighted by Gasteiger charge is -2.05. The van der Waals surface area contributed by atoms with Crippen molar-refractivity contribution in [1.29, 1.82) is 0 Å². The van der Waals surface area contributed by atoms with Crippen LogP contribution >= 0.6 is 11.8 Å². The van der Waals surface area contributed by atoms with Gasteiger partial charge in [0.2, 0.25) is 11.8 Å². The maximum Gasteiger partial charge on any atom is 0.322 e. The van der Waals surface area contributed by atoms with Crippen molar-refractivity contribution in [2.45, 2.75) is 4.90 Å². The fourth-order valence-corrected chi connectivity index (χ4v) is 2.86. The van der Waals surface area contributed by atoms with Crippen LogP contribution in [0.15, 0.2) is 57.8 Å². The fourth-order valence-electron chi connectivity index (χ4n) is 2.14. The Hall–Kier alpha value is -3.00. The highest BCUT2D eigenvalue weighted by atomic mass is 32.2. The van der Waals surface area contributed by atoms with Gasteiger partial charge in [-0.05, 0) is 24.3 Å². The van der Waals surface area contributed by atoms with Crippen molar-refractivity contribution in [3.63, 3.8) is 0 Å². The molecule has 3 aromatic rings. The van der Waals surface area contributed by atoms with Crippen molar-refractivity contribution in [2.24, 2.45) is 0 Å². The monoisotopic (exact) mass is 371 g/mol. The Labute approximate surface area is 154 Å². The maximum atomic E-state index is 12.0. The third-order valence-corrected chi connectivity index (χ3v) is 4.39. The van der Waals surface area contributed by atoms with Crippen molar-refractivity contribution in [1.82, 2.24) is 10.2 Å². The molecule has 0 aliphatic heterocycles. The molecule has 0 unspecified atom stereocenters. The van der Waals surface area contributed by atoms with Crippen molar-refractivity contribution in [3.8, 4) is 23.0 Å². The SMILES string of the molecule is COc1cc(OC)cc(-c2nnc(NC(=O)CSc3ccccc3)o2)c1. The van der Waals surface area contributed by atoms with Crippen molar-refractivity contribution in [2.75, 3.05) is 25.3 Å². The lowest BCUT2D eigenvalue weighted by Crippen LogP contribution is -2.14. The number of carbonyl (C=O) groups is 1. The molecule has 1 N–H and O–H groups in total. The summed E-state index contributed by atoms with van der Waals surface area (Å²) < 4.78 is 16.0. The Balaban J connectivity index is 1.65. The molecule has 3 rings (SSSR count). The molecule has 2 aromatic carbocycles. The molecule has 26 heavy (non-hydrogen) atoms. The van der Waals surface area contributed by atoms with Gasteiger partial charge < -0.3 is 13.9 Å². The lowest BCUT2D eigenvalue weighted by atomic mass is 10.2. The van der Waals surface area contributed by atoms with Gasteiger partial charge in [-0.25, -0.2) is 0 Å². The molecule has 0 aliphatic carbocycles. The number of nitrogens with one attached hydrogen (secondary N) is 1. The quantitative estimate of drug-likeness (QED) is 0.636. The molecule has 0 saturated heterocycles. The van der Waals surface area contributed by atoms with E-state index >= 15 is 0 Å². The highest BCUT2D eigenvalue weighted by molar-refractivity contribution is 8.00. The van der Waals surface area contributed by atoms with Crippen LogP contribution in [-0.2, 0) is 4.79 Å². The molecule has 0 aliphatic rings. The summed E-state index contributed by atoms with van der Waals surface area (Å²) in [7, 11) is 3.12. The second-order valence-corrected chi connectivity index (χ2v) is 6.21. The third kappa shape index (κ3) is 4.54. The van der Waals surface area contributed by atoms with Crippen molar-refractivity contribution in [3.05, 3.63) is 48.5 Å². The minimum Gasteiger partial charge on any atom is -0.497 e. The molecule has 1 heterocycles. The number of anilines is 1. The normalized spacial score (nSPS) is 10.4. The Kier molecular flexibility index (Phi) is 5.75. The number of hydrogen-bond donors (Lipinski definition) is 1. The van der Waals surface area contributed by atoms with Crippen LogP contribution < -0.4 is 14.8 Å². The van der Waals surface area contributed by atoms with Gasteiger partial charge in [0, 0.05) is 16.5 Å². The van der Waals surface area contributed by atoms with E-state index < -0.39 is 0 Å². The van der Waals surface area contributed by atoms with E-state index in [1.807, 2.05) is 30.3 Å². The predicted molar refractivity (Wildman–Crippen MR) is 98.6 cm³/mol. The van der Waals surface area contributed by atoms with Gasteiger partial charge in [-0.2, -0.15) is 0 Å². The average molecular weight is 371 g/mol. The van der Waals surface area contributed by atoms with E-state index in [9.17, 15) is 4.79 Å². The minimum absolute atomic E-state index is 0.0421. The zero-order chi connectivity index (χ0) is 18.4. The standard InChI is InChI=1S/C18H17N3O4S/c1-23-13-8-12(9-14(10-13)24-2)17-20-21-18(25-17)19-16(22)11-26-15-6-4-3-5-7-15/h3-10H,11H2,1-2H3,(H,19,21,22). The molecular formula is C18H17N3O4S. The first-order chi connectivity index (χ1) is 12.7. The number of ether oxygens (including phenoxy) is 2. The lowest BCUT2D eigenvalue weighted by molar-refractivity contribution is -0.113. The second kappa shape index (κ2) is 8.39. The molecule has 134 valence electrons.